The lowest BCUT2D eigenvalue weighted by molar-refractivity contribution is -0.129. The molecule has 0 spiro atoms. The molecule has 0 radical (unpaired) electrons. The molecule has 9 heteroatoms. The van der Waals surface area contributed by atoms with Crippen LogP contribution < -0.4 is 15.4 Å². The van der Waals surface area contributed by atoms with Gasteiger partial charge in [0.2, 0.25) is 21.8 Å². The number of hydrogen-bond donors (Lipinski definition) is 3. The molecule has 0 saturated heterocycles. The van der Waals surface area contributed by atoms with Gasteiger partial charge in [-0.2, -0.15) is 4.72 Å². The number of carbonyl (C=O) groups excluding carboxylic acids is 2. The van der Waals surface area contributed by atoms with Crippen molar-refractivity contribution in [3.05, 3.63) is 102 Å². The maximum absolute atomic E-state index is 14.1. The second-order valence-corrected chi connectivity index (χ2v) is 9.41. The highest BCUT2D eigenvalue weighted by atomic mass is 32.2. The zero-order valence-corrected chi connectivity index (χ0v) is 19.4. The highest BCUT2D eigenvalue weighted by molar-refractivity contribution is 7.89. The molecule has 7 nitrogen and oxygen atoms in total. The summed E-state index contributed by atoms with van der Waals surface area (Å²) in [5.74, 6) is -2.05. The van der Waals surface area contributed by atoms with E-state index in [1.54, 1.807) is 30.3 Å². The van der Waals surface area contributed by atoms with Gasteiger partial charge in [-0.15, -0.1) is 0 Å². The molecule has 0 aliphatic carbocycles. The van der Waals surface area contributed by atoms with Crippen LogP contribution in [-0.2, 0) is 32.6 Å². The van der Waals surface area contributed by atoms with Crippen molar-refractivity contribution in [2.45, 2.75) is 36.9 Å². The third kappa shape index (κ3) is 6.97. The molecule has 0 aliphatic heterocycles. The van der Waals surface area contributed by atoms with Crippen molar-refractivity contribution in [2.24, 2.45) is 0 Å². The Balaban J connectivity index is 1.72. The molecule has 0 fully saturated rings. The number of nitrogens with one attached hydrogen (secondary N) is 3. The van der Waals surface area contributed by atoms with E-state index >= 15 is 0 Å². The SMILES string of the molecule is CC(NC(=O)[C@H](Cc1ccccc1)NS(=O)(=O)c1ccccc1F)C(=O)NCc1ccccc1. The van der Waals surface area contributed by atoms with Crippen molar-refractivity contribution >= 4 is 21.8 Å². The maximum Gasteiger partial charge on any atom is 0.244 e. The van der Waals surface area contributed by atoms with Crippen molar-refractivity contribution in [1.29, 1.82) is 0 Å². The predicted octanol–water partition coefficient (Wildman–Crippen LogP) is 2.54. The first-order valence-corrected chi connectivity index (χ1v) is 12.2. The molecule has 34 heavy (non-hydrogen) atoms. The van der Waals surface area contributed by atoms with Gasteiger partial charge in [-0.25, -0.2) is 12.8 Å². The van der Waals surface area contributed by atoms with Crippen molar-refractivity contribution in [2.75, 3.05) is 0 Å². The second-order valence-electron chi connectivity index (χ2n) is 7.73. The molecule has 0 saturated carbocycles. The van der Waals surface area contributed by atoms with Gasteiger partial charge in [-0.05, 0) is 36.6 Å². The third-order valence-corrected chi connectivity index (χ3v) is 6.59. The highest BCUT2D eigenvalue weighted by Crippen LogP contribution is 2.15. The molecule has 0 aromatic heterocycles. The molecule has 1 unspecified atom stereocenters. The van der Waals surface area contributed by atoms with E-state index < -0.39 is 44.6 Å². The minimum absolute atomic E-state index is 0.0126. The van der Waals surface area contributed by atoms with E-state index in [0.717, 1.165) is 17.7 Å². The van der Waals surface area contributed by atoms with Crippen LogP contribution in [0.1, 0.15) is 18.1 Å². The fourth-order valence-corrected chi connectivity index (χ4v) is 4.54. The number of hydrogen-bond acceptors (Lipinski definition) is 4. The average Bonchev–Trinajstić information content (AvgIpc) is 2.83. The summed E-state index contributed by atoms with van der Waals surface area (Å²) in [7, 11) is -4.34. The van der Waals surface area contributed by atoms with E-state index in [1.807, 2.05) is 30.3 Å². The topological polar surface area (TPSA) is 104 Å². The Morgan fingerprint density at radius 1 is 0.824 bits per heavy atom. The number of sulfonamides is 1. The Labute approximate surface area is 198 Å². The molecule has 2 amide bonds. The van der Waals surface area contributed by atoms with Crippen LogP contribution >= 0.6 is 0 Å². The molecule has 3 N–H and O–H groups in total. The van der Waals surface area contributed by atoms with Gasteiger partial charge in [0.05, 0.1) is 0 Å². The Hall–Kier alpha value is -3.56. The van der Waals surface area contributed by atoms with Gasteiger partial charge in [0.25, 0.3) is 0 Å². The van der Waals surface area contributed by atoms with E-state index in [9.17, 15) is 22.4 Å². The molecule has 3 aromatic carbocycles. The standard InChI is InChI=1S/C25H26FN3O4S/c1-18(24(30)27-17-20-12-6-3-7-13-20)28-25(31)22(16-19-10-4-2-5-11-19)29-34(32,33)23-15-9-8-14-21(23)26/h2-15,18,22,29H,16-17H2,1H3,(H,27,30)(H,28,31)/t18?,22-/m0/s1. The zero-order chi connectivity index (χ0) is 24.6. The van der Waals surface area contributed by atoms with Gasteiger partial charge in [0.1, 0.15) is 22.8 Å². The second kappa shape index (κ2) is 11.5. The monoisotopic (exact) mass is 483 g/mol. The lowest BCUT2D eigenvalue weighted by Crippen LogP contribution is -2.53. The first-order valence-electron chi connectivity index (χ1n) is 10.7. The molecule has 178 valence electrons. The van der Waals surface area contributed by atoms with Crippen LogP contribution in [0.5, 0.6) is 0 Å². The first-order chi connectivity index (χ1) is 16.3. The normalized spacial score (nSPS) is 13.0. The Morgan fingerprint density at radius 3 is 2.00 bits per heavy atom. The summed E-state index contributed by atoms with van der Waals surface area (Å²) in [6.45, 7) is 1.79. The van der Waals surface area contributed by atoms with Crippen LogP contribution in [0.15, 0.2) is 89.8 Å². The number of rotatable bonds is 10. The van der Waals surface area contributed by atoms with Gasteiger partial charge in [0.15, 0.2) is 0 Å². The van der Waals surface area contributed by atoms with Gasteiger partial charge in [-0.1, -0.05) is 72.8 Å². The molecule has 0 heterocycles. The Kier molecular flexibility index (Phi) is 8.50. The van der Waals surface area contributed by atoms with Crippen LogP contribution in [0.3, 0.4) is 0 Å². The van der Waals surface area contributed by atoms with Crippen molar-refractivity contribution in [3.8, 4) is 0 Å². The summed E-state index contributed by atoms with van der Waals surface area (Å²) in [6, 6.07) is 20.8. The summed E-state index contributed by atoms with van der Waals surface area (Å²) in [6.07, 6.45) is 0.0126. The van der Waals surface area contributed by atoms with Crippen LogP contribution in [0.4, 0.5) is 4.39 Å². The van der Waals surface area contributed by atoms with E-state index in [1.165, 1.54) is 19.1 Å². The average molecular weight is 484 g/mol. The lowest BCUT2D eigenvalue weighted by Gasteiger charge is -2.21. The zero-order valence-electron chi connectivity index (χ0n) is 18.6. The summed E-state index contributed by atoms with van der Waals surface area (Å²) >= 11 is 0. The quantitative estimate of drug-likeness (QED) is 0.412. The highest BCUT2D eigenvalue weighted by Gasteiger charge is 2.29. The summed E-state index contributed by atoms with van der Waals surface area (Å²) < 4.78 is 42.1. The third-order valence-electron chi connectivity index (χ3n) is 5.08. The van der Waals surface area contributed by atoms with Gasteiger partial charge in [0, 0.05) is 6.54 Å². The van der Waals surface area contributed by atoms with Gasteiger partial charge in [-0.3, -0.25) is 9.59 Å². The lowest BCUT2D eigenvalue weighted by atomic mass is 10.1. The van der Waals surface area contributed by atoms with Crippen molar-refractivity contribution in [1.82, 2.24) is 15.4 Å². The summed E-state index contributed by atoms with van der Waals surface area (Å²) in [5, 5.41) is 5.29. The fourth-order valence-electron chi connectivity index (χ4n) is 3.27. The van der Waals surface area contributed by atoms with E-state index in [0.29, 0.717) is 5.56 Å². The Bertz CT molecular complexity index is 1220. The van der Waals surface area contributed by atoms with Crippen LogP contribution in [-0.4, -0.2) is 32.3 Å². The predicted molar refractivity (Wildman–Crippen MR) is 127 cm³/mol. The first kappa shape index (κ1) is 25.1. The smallest absolute Gasteiger partial charge is 0.244 e. The molecular weight excluding hydrogens is 457 g/mol. The fraction of sp³-hybridized carbons (Fsp3) is 0.200. The van der Waals surface area contributed by atoms with Crippen LogP contribution in [0, 0.1) is 5.82 Å². The van der Waals surface area contributed by atoms with E-state index in [4.69, 9.17) is 0 Å². The molecule has 3 rings (SSSR count). The summed E-state index contributed by atoms with van der Waals surface area (Å²) in [4.78, 5) is 24.9. The van der Waals surface area contributed by atoms with Gasteiger partial charge < -0.3 is 10.6 Å². The minimum atomic E-state index is -4.34. The van der Waals surface area contributed by atoms with Crippen LogP contribution in [0.25, 0.3) is 0 Å². The van der Waals surface area contributed by atoms with Crippen molar-refractivity contribution in [3.63, 3.8) is 0 Å². The number of carbonyl (C=O) groups is 2. The van der Waals surface area contributed by atoms with Crippen LogP contribution in [0.2, 0.25) is 0 Å². The molecular formula is C25H26FN3O4S. The number of benzene rings is 3. The maximum atomic E-state index is 14.1. The van der Waals surface area contributed by atoms with E-state index in [2.05, 4.69) is 15.4 Å². The Morgan fingerprint density at radius 2 is 1.38 bits per heavy atom. The molecule has 0 aliphatic rings. The van der Waals surface area contributed by atoms with Gasteiger partial charge >= 0.3 is 0 Å². The largest absolute Gasteiger partial charge is 0.350 e. The van der Waals surface area contributed by atoms with Crippen molar-refractivity contribution < 1.29 is 22.4 Å². The minimum Gasteiger partial charge on any atom is -0.350 e. The molecule has 2 atom stereocenters. The van der Waals surface area contributed by atoms with E-state index in [-0.39, 0.29) is 13.0 Å². The molecule has 0 bridgehead atoms. The number of amides is 2. The molecule has 3 aromatic rings. The summed E-state index contributed by atoms with van der Waals surface area (Å²) in [5.41, 5.74) is 1.59. The number of halogens is 1.